The number of rotatable bonds is 4. The van der Waals surface area contributed by atoms with Crippen molar-refractivity contribution in [1.29, 1.82) is 0 Å². The van der Waals surface area contributed by atoms with Gasteiger partial charge in [-0.25, -0.2) is 0 Å². The van der Waals surface area contributed by atoms with E-state index in [1.54, 1.807) is 18.2 Å². The highest BCUT2D eigenvalue weighted by atomic mass is 35.5. The molecule has 4 heteroatoms. The molecule has 14 heavy (non-hydrogen) atoms. The second-order valence-electron chi connectivity index (χ2n) is 3.05. The molecule has 0 saturated heterocycles. The predicted molar refractivity (Wildman–Crippen MR) is 57.7 cm³/mol. The van der Waals surface area contributed by atoms with Crippen LogP contribution in [0.1, 0.15) is 24.5 Å². The molecule has 1 aromatic rings. The van der Waals surface area contributed by atoms with Crippen LogP contribution in [-0.2, 0) is 0 Å². The average Bonchev–Trinajstić information content (AvgIpc) is 2.18. The van der Waals surface area contributed by atoms with Gasteiger partial charge in [0.05, 0.1) is 6.10 Å². The highest BCUT2D eigenvalue weighted by Gasteiger charge is 2.11. The highest BCUT2D eigenvalue weighted by Crippen LogP contribution is 2.28. The van der Waals surface area contributed by atoms with Gasteiger partial charge in [0.15, 0.2) is 0 Å². The quantitative estimate of drug-likeness (QED) is 0.842. The van der Waals surface area contributed by atoms with Gasteiger partial charge in [0.2, 0.25) is 0 Å². The molecule has 0 aliphatic rings. The second kappa shape index (κ2) is 5.56. The van der Waals surface area contributed by atoms with Gasteiger partial charge < -0.3 is 10.2 Å². The lowest BCUT2D eigenvalue weighted by atomic mass is 10.1. The Bertz CT molecular complexity index is 302. The van der Waals surface area contributed by atoms with Crippen molar-refractivity contribution >= 4 is 23.2 Å². The van der Waals surface area contributed by atoms with E-state index in [1.807, 2.05) is 0 Å². The number of halogens is 2. The van der Waals surface area contributed by atoms with Crippen LogP contribution in [-0.4, -0.2) is 16.8 Å². The molecule has 0 heterocycles. The number of aliphatic hydroxyl groups excluding tert-OH is 2. The summed E-state index contributed by atoms with van der Waals surface area (Å²) < 4.78 is 0. The fraction of sp³-hybridized carbons (Fsp3) is 0.400. The molecule has 0 aliphatic heterocycles. The first-order valence-corrected chi connectivity index (χ1v) is 5.14. The summed E-state index contributed by atoms with van der Waals surface area (Å²) in [5, 5.41) is 19.4. The van der Waals surface area contributed by atoms with Gasteiger partial charge in [-0.15, -0.1) is 0 Å². The Kier molecular flexibility index (Phi) is 4.69. The Hall–Kier alpha value is -0.280. The van der Waals surface area contributed by atoms with Gasteiger partial charge in [-0.2, -0.15) is 0 Å². The number of benzene rings is 1. The second-order valence-corrected chi connectivity index (χ2v) is 3.89. The largest absolute Gasteiger partial charge is 0.396 e. The van der Waals surface area contributed by atoms with E-state index >= 15 is 0 Å². The van der Waals surface area contributed by atoms with Gasteiger partial charge >= 0.3 is 0 Å². The number of hydrogen-bond donors (Lipinski definition) is 2. The Morgan fingerprint density at radius 1 is 1.29 bits per heavy atom. The molecule has 0 bridgehead atoms. The summed E-state index contributed by atoms with van der Waals surface area (Å²) in [4.78, 5) is 0. The Labute approximate surface area is 93.1 Å². The van der Waals surface area contributed by atoms with Gasteiger partial charge in [0, 0.05) is 22.2 Å². The molecule has 0 amide bonds. The summed E-state index contributed by atoms with van der Waals surface area (Å²) in [6.07, 6.45) is 0.369. The number of aliphatic hydroxyl groups is 2. The van der Waals surface area contributed by atoms with Crippen molar-refractivity contribution in [2.75, 3.05) is 6.61 Å². The molecule has 0 aromatic heterocycles. The van der Waals surface area contributed by atoms with E-state index in [0.29, 0.717) is 28.5 Å². The molecule has 0 aliphatic carbocycles. The lowest BCUT2D eigenvalue weighted by Crippen LogP contribution is -1.99. The van der Waals surface area contributed by atoms with Gasteiger partial charge in [0.25, 0.3) is 0 Å². The van der Waals surface area contributed by atoms with E-state index in [0.717, 1.165) is 0 Å². The first-order chi connectivity index (χ1) is 6.65. The first kappa shape index (κ1) is 11.8. The van der Waals surface area contributed by atoms with Gasteiger partial charge in [-0.1, -0.05) is 23.2 Å². The van der Waals surface area contributed by atoms with Crippen molar-refractivity contribution in [3.05, 3.63) is 33.8 Å². The Morgan fingerprint density at radius 3 is 2.64 bits per heavy atom. The minimum atomic E-state index is -0.659. The third-order valence-corrected chi connectivity index (χ3v) is 2.53. The molecule has 1 aromatic carbocycles. The van der Waals surface area contributed by atoms with Crippen LogP contribution in [0.4, 0.5) is 0 Å². The van der Waals surface area contributed by atoms with E-state index in [2.05, 4.69) is 0 Å². The van der Waals surface area contributed by atoms with Crippen LogP contribution < -0.4 is 0 Å². The minimum Gasteiger partial charge on any atom is -0.396 e. The fourth-order valence-corrected chi connectivity index (χ4v) is 1.63. The van der Waals surface area contributed by atoms with Crippen molar-refractivity contribution in [2.45, 2.75) is 18.9 Å². The standard InChI is InChI=1S/C10H12Cl2O2/c11-7-3-4-9(12)8(6-7)10(14)2-1-5-13/h3-4,6,10,13-14H,1-2,5H2. The summed E-state index contributed by atoms with van der Waals surface area (Å²) in [5.41, 5.74) is 0.618. The Balaban J connectivity index is 2.77. The molecular formula is C10H12Cl2O2. The van der Waals surface area contributed by atoms with Crippen molar-refractivity contribution < 1.29 is 10.2 Å². The summed E-state index contributed by atoms with van der Waals surface area (Å²) >= 11 is 11.7. The van der Waals surface area contributed by atoms with E-state index in [9.17, 15) is 5.11 Å². The van der Waals surface area contributed by atoms with E-state index in [1.165, 1.54) is 0 Å². The molecule has 2 nitrogen and oxygen atoms in total. The average molecular weight is 235 g/mol. The molecule has 0 saturated carbocycles. The Morgan fingerprint density at radius 2 is 2.00 bits per heavy atom. The normalized spacial score (nSPS) is 12.9. The zero-order valence-electron chi connectivity index (χ0n) is 7.58. The van der Waals surface area contributed by atoms with Crippen LogP contribution >= 0.6 is 23.2 Å². The summed E-state index contributed by atoms with van der Waals surface area (Å²) in [6, 6.07) is 4.97. The summed E-state index contributed by atoms with van der Waals surface area (Å²) in [5.74, 6) is 0. The third kappa shape index (κ3) is 3.14. The van der Waals surface area contributed by atoms with Gasteiger partial charge in [-0.3, -0.25) is 0 Å². The third-order valence-electron chi connectivity index (χ3n) is 1.95. The SMILES string of the molecule is OCCCC(O)c1cc(Cl)ccc1Cl. The lowest BCUT2D eigenvalue weighted by Gasteiger charge is -2.12. The summed E-state index contributed by atoms with van der Waals surface area (Å²) in [6.45, 7) is 0.0647. The van der Waals surface area contributed by atoms with Crippen molar-refractivity contribution in [1.82, 2.24) is 0 Å². The van der Waals surface area contributed by atoms with Crippen molar-refractivity contribution in [2.24, 2.45) is 0 Å². The molecule has 0 spiro atoms. The molecule has 2 N–H and O–H groups in total. The van der Waals surface area contributed by atoms with Crippen molar-refractivity contribution in [3.8, 4) is 0 Å². The molecule has 1 atom stereocenters. The van der Waals surface area contributed by atoms with E-state index < -0.39 is 6.10 Å². The van der Waals surface area contributed by atoms with Gasteiger partial charge in [-0.05, 0) is 31.0 Å². The smallest absolute Gasteiger partial charge is 0.0805 e. The maximum atomic E-state index is 9.70. The van der Waals surface area contributed by atoms with Crippen molar-refractivity contribution in [3.63, 3.8) is 0 Å². The van der Waals surface area contributed by atoms with Gasteiger partial charge in [0.1, 0.15) is 0 Å². The summed E-state index contributed by atoms with van der Waals surface area (Å²) in [7, 11) is 0. The molecular weight excluding hydrogens is 223 g/mol. The molecule has 0 radical (unpaired) electrons. The molecule has 1 rings (SSSR count). The van der Waals surface area contributed by atoms with Crippen LogP contribution in [0.25, 0.3) is 0 Å². The van der Waals surface area contributed by atoms with Crippen LogP contribution in [0.15, 0.2) is 18.2 Å². The topological polar surface area (TPSA) is 40.5 Å². The van der Waals surface area contributed by atoms with E-state index in [-0.39, 0.29) is 6.61 Å². The molecule has 1 unspecified atom stereocenters. The molecule has 0 fully saturated rings. The zero-order valence-corrected chi connectivity index (χ0v) is 9.09. The zero-order chi connectivity index (χ0) is 10.6. The highest BCUT2D eigenvalue weighted by molar-refractivity contribution is 6.33. The minimum absolute atomic E-state index is 0.0647. The van der Waals surface area contributed by atoms with Crippen LogP contribution in [0.2, 0.25) is 10.0 Å². The van der Waals surface area contributed by atoms with E-state index in [4.69, 9.17) is 28.3 Å². The first-order valence-electron chi connectivity index (χ1n) is 4.39. The maximum absolute atomic E-state index is 9.70. The predicted octanol–water partition coefficient (Wildman–Crippen LogP) is 2.80. The monoisotopic (exact) mass is 234 g/mol. The molecule has 78 valence electrons. The fourth-order valence-electron chi connectivity index (χ4n) is 1.21. The maximum Gasteiger partial charge on any atom is 0.0805 e. The number of hydrogen-bond acceptors (Lipinski definition) is 2. The van der Waals surface area contributed by atoms with Crippen LogP contribution in [0.5, 0.6) is 0 Å². The van der Waals surface area contributed by atoms with Crippen LogP contribution in [0, 0.1) is 0 Å². The van der Waals surface area contributed by atoms with Crippen LogP contribution in [0.3, 0.4) is 0 Å². The lowest BCUT2D eigenvalue weighted by molar-refractivity contribution is 0.152.